The third-order valence-electron chi connectivity index (χ3n) is 2.53. The van der Waals surface area contributed by atoms with Crippen molar-refractivity contribution in [3.05, 3.63) is 62.6 Å². The average molecular weight is 336 g/mol. The van der Waals surface area contributed by atoms with Gasteiger partial charge in [0.2, 0.25) is 5.75 Å². The fraction of sp³-hybridized carbons (Fsp3) is 0. The Morgan fingerprint density at radius 3 is 2.50 bits per heavy atom. The maximum absolute atomic E-state index is 10.9. The first-order valence-corrected chi connectivity index (χ1v) is 6.34. The van der Waals surface area contributed by atoms with E-state index >= 15 is 0 Å². The Balaban J connectivity index is 2.49. The first-order valence-electron chi connectivity index (χ1n) is 5.55. The van der Waals surface area contributed by atoms with E-state index in [2.05, 4.69) is 15.9 Å². The van der Waals surface area contributed by atoms with Gasteiger partial charge in [-0.05, 0) is 34.1 Å². The monoisotopic (exact) mass is 335 g/mol. The van der Waals surface area contributed by atoms with E-state index in [1.165, 1.54) is 12.1 Å². The summed E-state index contributed by atoms with van der Waals surface area (Å²) < 4.78 is 6.14. The molecule has 6 nitrogen and oxygen atoms in total. The summed E-state index contributed by atoms with van der Waals surface area (Å²) in [7, 11) is 0. The number of nitro benzene ring substituents is 1. The molecule has 0 spiro atoms. The van der Waals surface area contributed by atoms with Crippen LogP contribution >= 0.6 is 15.9 Å². The van der Waals surface area contributed by atoms with E-state index in [1.807, 2.05) is 0 Å². The molecule has 7 heteroatoms. The Labute approximate surface area is 123 Å². The van der Waals surface area contributed by atoms with Gasteiger partial charge in [-0.15, -0.1) is 0 Å². The number of benzene rings is 2. The maximum atomic E-state index is 10.9. The minimum atomic E-state index is -0.527. The van der Waals surface area contributed by atoms with Gasteiger partial charge in [0.25, 0.3) is 0 Å². The first kappa shape index (κ1) is 14.0. The van der Waals surface area contributed by atoms with Crippen molar-refractivity contribution >= 4 is 27.5 Å². The van der Waals surface area contributed by atoms with E-state index in [4.69, 9.17) is 15.9 Å². The summed E-state index contributed by atoms with van der Waals surface area (Å²) in [5.74, 6) is 0.185. The van der Waals surface area contributed by atoms with E-state index in [0.29, 0.717) is 10.0 Å². The Morgan fingerprint density at radius 1 is 1.20 bits per heavy atom. The lowest BCUT2D eigenvalue weighted by atomic mass is 10.2. The number of rotatable bonds is 4. The van der Waals surface area contributed by atoms with Gasteiger partial charge in [0, 0.05) is 10.5 Å². The highest BCUT2D eigenvalue weighted by Crippen LogP contribution is 2.34. The maximum Gasteiger partial charge on any atom is 0.311 e. The molecule has 0 saturated carbocycles. The third-order valence-corrected chi connectivity index (χ3v) is 3.19. The summed E-state index contributed by atoms with van der Waals surface area (Å²) in [6.07, 6.45) is 0. The zero-order valence-electron chi connectivity index (χ0n) is 10.2. The number of hydrogen-bond acceptors (Lipinski definition) is 4. The standard InChI is InChI=1S/C13H10BrN3O3/c14-8-4-3-7-11(12(8)13(15)16)20-10-6-2-1-5-9(10)17(18)19/h1-7H,(H3,15,16). The summed E-state index contributed by atoms with van der Waals surface area (Å²) in [6, 6.07) is 11.0. The molecule has 3 N–H and O–H groups in total. The van der Waals surface area contributed by atoms with Gasteiger partial charge in [-0.1, -0.05) is 18.2 Å². The highest BCUT2D eigenvalue weighted by atomic mass is 79.9. The van der Waals surface area contributed by atoms with Gasteiger partial charge < -0.3 is 10.5 Å². The number of ether oxygens (including phenoxy) is 1. The molecule has 0 aliphatic carbocycles. The van der Waals surface area contributed by atoms with E-state index < -0.39 is 4.92 Å². The molecule has 0 heterocycles. The van der Waals surface area contributed by atoms with Crippen LogP contribution in [0.5, 0.6) is 11.5 Å². The molecule has 102 valence electrons. The molecule has 0 unspecified atom stereocenters. The highest BCUT2D eigenvalue weighted by Gasteiger charge is 2.17. The second-order valence-corrected chi connectivity index (χ2v) is 4.71. The average Bonchev–Trinajstić information content (AvgIpc) is 2.38. The van der Waals surface area contributed by atoms with Crippen molar-refractivity contribution in [2.75, 3.05) is 0 Å². The number of para-hydroxylation sites is 2. The minimum absolute atomic E-state index is 0.0955. The lowest BCUT2D eigenvalue weighted by Gasteiger charge is -2.11. The molecule has 0 amide bonds. The zero-order chi connectivity index (χ0) is 14.7. The summed E-state index contributed by atoms with van der Waals surface area (Å²) >= 11 is 3.27. The van der Waals surface area contributed by atoms with E-state index in [0.717, 1.165) is 0 Å². The van der Waals surface area contributed by atoms with Crippen molar-refractivity contribution in [2.24, 2.45) is 5.73 Å². The number of hydrogen-bond donors (Lipinski definition) is 2. The molecule has 0 aromatic heterocycles. The fourth-order valence-corrected chi connectivity index (χ4v) is 2.23. The Hall–Kier alpha value is -2.41. The van der Waals surface area contributed by atoms with Gasteiger partial charge in [0.1, 0.15) is 11.6 Å². The molecule has 2 aromatic rings. The van der Waals surface area contributed by atoms with Gasteiger partial charge in [0.05, 0.1) is 10.5 Å². The second kappa shape index (κ2) is 5.70. The normalized spacial score (nSPS) is 10.1. The predicted molar refractivity (Wildman–Crippen MR) is 78.3 cm³/mol. The van der Waals surface area contributed by atoms with Crippen molar-refractivity contribution in [2.45, 2.75) is 0 Å². The van der Waals surface area contributed by atoms with Gasteiger partial charge >= 0.3 is 5.69 Å². The van der Waals surface area contributed by atoms with E-state index in [-0.39, 0.29) is 23.0 Å². The highest BCUT2D eigenvalue weighted by molar-refractivity contribution is 9.10. The van der Waals surface area contributed by atoms with Gasteiger partial charge in [-0.3, -0.25) is 15.5 Å². The van der Waals surface area contributed by atoms with Gasteiger partial charge in [0.15, 0.2) is 0 Å². The molecule has 0 bridgehead atoms. The molecule has 2 rings (SSSR count). The summed E-state index contributed by atoms with van der Waals surface area (Å²) in [4.78, 5) is 10.4. The summed E-state index contributed by atoms with van der Waals surface area (Å²) in [6.45, 7) is 0. The van der Waals surface area contributed by atoms with Crippen LogP contribution in [0.1, 0.15) is 5.56 Å². The van der Waals surface area contributed by atoms with Crippen molar-refractivity contribution in [3.8, 4) is 11.5 Å². The molecular formula is C13H10BrN3O3. The molecule has 0 aliphatic heterocycles. The van der Waals surface area contributed by atoms with Crippen LogP contribution in [0.3, 0.4) is 0 Å². The van der Waals surface area contributed by atoms with Crippen LogP contribution in [0.4, 0.5) is 5.69 Å². The number of nitro groups is 1. The van der Waals surface area contributed by atoms with Crippen LogP contribution in [0.25, 0.3) is 0 Å². The topological polar surface area (TPSA) is 102 Å². The van der Waals surface area contributed by atoms with Crippen molar-refractivity contribution in [1.29, 1.82) is 5.41 Å². The predicted octanol–water partition coefficient (Wildman–Crippen LogP) is 3.43. The van der Waals surface area contributed by atoms with Crippen molar-refractivity contribution in [1.82, 2.24) is 0 Å². The number of nitrogens with zero attached hydrogens (tertiary/aromatic N) is 1. The van der Waals surface area contributed by atoms with Crippen LogP contribution in [0, 0.1) is 15.5 Å². The number of halogens is 1. The van der Waals surface area contributed by atoms with Crippen LogP contribution in [-0.4, -0.2) is 10.8 Å². The minimum Gasteiger partial charge on any atom is -0.449 e. The Kier molecular flexibility index (Phi) is 3.99. The third kappa shape index (κ3) is 2.77. The largest absolute Gasteiger partial charge is 0.449 e. The number of nitrogens with two attached hydrogens (primary N) is 1. The first-order chi connectivity index (χ1) is 9.50. The van der Waals surface area contributed by atoms with Gasteiger partial charge in [-0.2, -0.15) is 0 Å². The van der Waals surface area contributed by atoms with Crippen molar-refractivity contribution in [3.63, 3.8) is 0 Å². The Bertz CT molecular complexity index is 688. The molecule has 0 saturated heterocycles. The fourth-order valence-electron chi connectivity index (χ4n) is 1.66. The molecular weight excluding hydrogens is 326 g/mol. The molecule has 2 aromatic carbocycles. The second-order valence-electron chi connectivity index (χ2n) is 3.85. The number of amidine groups is 1. The number of nitrogens with one attached hydrogen (secondary N) is 1. The molecule has 20 heavy (non-hydrogen) atoms. The SMILES string of the molecule is N=C(N)c1c(Br)cccc1Oc1ccccc1[N+](=O)[O-]. The molecule has 0 radical (unpaired) electrons. The smallest absolute Gasteiger partial charge is 0.311 e. The number of nitrogen functional groups attached to an aromatic ring is 1. The van der Waals surface area contributed by atoms with E-state index in [1.54, 1.807) is 30.3 Å². The molecule has 0 atom stereocenters. The lowest BCUT2D eigenvalue weighted by molar-refractivity contribution is -0.385. The van der Waals surface area contributed by atoms with Crippen LogP contribution in [-0.2, 0) is 0 Å². The van der Waals surface area contributed by atoms with Crippen LogP contribution < -0.4 is 10.5 Å². The summed E-state index contributed by atoms with van der Waals surface area (Å²) in [5.41, 5.74) is 5.71. The quantitative estimate of drug-likeness (QED) is 0.386. The lowest BCUT2D eigenvalue weighted by Crippen LogP contribution is -2.13. The zero-order valence-corrected chi connectivity index (χ0v) is 11.8. The van der Waals surface area contributed by atoms with Gasteiger partial charge in [-0.25, -0.2) is 0 Å². The van der Waals surface area contributed by atoms with Crippen LogP contribution in [0.2, 0.25) is 0 Å². The Morgan fingerprint density at radius 2 is 1.85 bits per heavy atom. The molecule has 0 aliphatic rings. The summed E-state index contributed by atoms with van der Waals surface area (Å²) in [5, 5.41) is 18.5. The van der Waals surface area contributed by atoms with E-state index in [9.17, 15) is 10.1 Å². The van der Waals surface area contributed by atoms with Crippen LogP contribution in [0.15, 0.2) is 46.9 Å². The molecule has 0 fully saturated rings. The van der Waals surface area contributed by atoms with Crippen molar-refractivity contribution < 1.29 is 9.66 Å².